The molecular formula is C14H24F3N. The maximum Gasteiger partial charge on any atom is 0.393 e. The van der Waals surface area contributed by atoms with Gasteiger partial charge in [0.2, 0.25) is 0 Å². The van der Waals surface area contributed by atoms with Crippen LogP contribution < -0.4 is 5.32 Å². The number of hydrogen-bond donors (Lipinski definition) is 1. The molecule has 4 heteroatoms. The first-order valence-corrected chi connectivity index (χ1v) is 7.22. The summed E-state index contributed by atoms with van der Waals surface area (Å²) in [5, 5.41) is 3.33. The van der Waals surface area contributed by atoms with E-state index in [1.807, 2.05) is 0 Å². The lowest BCUT2D eigenvalue weighted by atomic mass is 9.83. The molecule has 2 saturated carbocycles. The van der Waals surface area contributed by atoms with Gasteiger partial charge < -0.3 is 5.32 Å². The summed E-state index contributed by atoms with van der Waals surface area (Å²) in [5.74, 6) is 0.00518. The van der Waals surface area contributed by atoms with Crippen LogP contribution in [0.3, 0.4) is 0 Å². The van der Waals surface area contributed by atoms with E-state index in [1.54, 1.807) is 0 Å². The van der Waals surface area contributed by atoms with Gasteiger partial charge in [-0.05, 0) is 37.5 Å². The molecular weight excluding hydrogens is 239 g/mol. The number of alkyl halides is 3. The highest BCUT2D eigenvalue weighted by Gasteiger charge is 2.46. The Balaban J connectivity index is 1.98. The van der Waals surface area contributed by atoms with Crippen LogP contribution in [-0.2, 0) is 0 Å². The lowest BCUT2D eigenvalue weighted by molar-refractivity contribution is -0.189. The molecule has 5 atom stereocenters. The fourth-order valence-electron chi connectivity index (χ4n) is 3.60. The zero-order chi connectivity index (χ0) is 13.3. The quantitative estimate of drug-likeness (QED) is 0.789. The normalized spacial score (nSPS) is 42.2. The number of hydrogen-bond acceptors (Lipinski definition) is 1. The lowest BCUT2D eigenvalue weighted by Crippen LogP contribution is -2.50. The van der Waals surface area contributed by atoms with Gasteiger partial charge in [0.1, 0.15) is 0 Å². The van der Waals surface area contributed by atoms with Gasteiger partial charge in [-0.25, -0.2) is 0 Å². The molecule has 0 aromatic heterocycles. The van der Waals surface area contributed by atoms with Crippen LogP contribution in [0.2, 0.25) is 0 Å². The molecule has 1 N–H and O–H groups in total. The maximum atomic E-state index is 13.0. The monoisotopic (exact) mass is 263 g/mol. The fraction of sp³-hybridized carbons (Fsp3) is 1.00. The van der Waals surface area contributed by atoms with E-state index in [-0.39, 0.29) is 12.1 Å². The molecule has 18 heavy (non-hydrogen) atoms. The Morgan fingerprint density at radius 3 is 2.11 bits per heavy atom. The molecule has 0 radical (unpaired) electrons. The Kier molecular flexibility index (Phi) is 4.25. The first-order chi connectivity index (χ1) is 8.39. The van der Waals surface area contributed by atoms with E-state index in [1.165, 1.54) is 0 Å². The third kappa shape index (κ3) is 3.01. The Hall–Kier alpha value is -0.250. The zero-order valence-corrected chi connectivity index (χ0v) is 11.3. The van der Waals surface area contributed by atoms with E-state index in [0.29, 0.717) is 24.7 Å². The molecule has 5 unspecified atom stereocenters. The molecule has 1 nitrogen and oxygen atoms in total. The van der Waals surface area contributed by atoms with Gasteiger partial charge in [0.25, 0.3) is 0 Å². The summed E-state index contributed by atoms with van der Waals surface area (Å²) >= 11 is 0. The van der Waals surface area contributed by atoms with Crippen molar-refractivity contribution in [3.8, 4) is 0 Å². The van der Waals surface area contributed by atoms with E-state index in [4.69, 9.17) is 0 Å². The van der Waals surface area contributed by atoms with Crippen LogP contribution in [0.25, 0.3) is 0 Å². The molecule has 2 aliphatic carbocycles. The minimum atomic E-state index is -4.04. The van der Waals surface area contributed by atoms with Crippen LogP contribution in [0.5, 0.6) is 0 Å². The van der Waals surface area contributed by atoms with Crippen LogP contribution in [0.15, 0.2) is 0 Å². The van der Waals surface area contributed by atoms with Gasteiger partial charge in [-0.2, -0.15) is 13.2 Å². The van der Waals surface area contributed by atoms with Crippen LogP contribution in [-0.4, -0.2) is 18.3 Å². The van der Waals surface area contributed by atoms with Crippen molar-refractivity contribution in [2.45, 2.75) is 70.6 Å². The summed E-state index contributed by atoms with van der Waals surface area (Å²) in [7, 11) is 0. The fourth-order valence-corrected chi connectivity index (χ4v) is 3.60. The van der Waals surface area contributed by atoms with E-state index >= 15 is 0 Å². The molecule has 2 rings (SSSR count). The minimum absolute atomic E-state index is 0.285. The number of nitrogens with one attached hydrogen (secondary N) is 1. The van der Waals surface area contributed by atoms with E-state index in [2.05, 4.69) is 19.2 Å². The van der Waals surface area contributed by atoms with Crippen LogP contribution in [0, 0.1) is 17.8 Å². The molecule has 0 spiro atoms. The summed E-state index contributed by atoms with van der Waals surface area (Å²) in [5.41, 5.74) is 0. The highest BCUT2D eigenvalue weighted by atomic mass is 19.4. The molecule has 0 aromatic carbocycles. The van der Waals surface area contributed by atoms with E-state index in [9.17, 15) is 13.2 Å². The van der Waals surface area contributed by atoms with Crippen molar-refractivity contribution < 1.29 is 13.2 Å². The van der Waals surface area contributed by atoms with Gasteiger partial charge in [0.15, 0.2) is 0 Å². The highest BCUT2D eigenvalue weighted by molar-refractivity contribution is 4.92. The molecule has 2 fully saturated rings. The van der Waals surface area contributed by atoms with Crippen LogP contribution >= 0.6 is 0 Å². The Morgan fingerprint density at radius 2 is 1.56 bits per heavy atom. The van der Waals surface area contributed by atoms with E-state index < -0.39 is 12.1 Å². The number of rotatable bonds is 2. The second-order valence-corrected chi connectivity index (χ2v) is 6.23. The third-order valence-corrected chi connectivity index (χ3v) is 5.08. The average Bonchev–Trinajstić information content (AvgIpc) is 2.60. The summed E-state index contributed by atoms with van der Waals surface area (Å²) in [6.07, 6.45) is 0.774. The van der Waals surface area contributed by atoms with Crippen molar-refractivity contribution in [3.05, 3.63) is 0 Å². The van der Waals surface area contributed by atoms with Crippen LogP contribution in [0.4, 0.5) is 13.2 Å². The molecule has 0 bridgehead atoms. The van der Waals surface area contributed by atoms with Crippen molar-refractivity contribution in [3.63, 3.8) is 0 Å². The second kappa shape index (κ2) is 5.40. The largest absolute Gasteiger partial charge is 0.393 e. The first-order valence-electron chi connectivity index (χ1n) is 7.22. The molecule has 106 valence electrons. The summed E-state index contributed by atoms with van der Waals surface area (Å²) in [4.78, 5) is 0. The number of halogens is 3. The molecule has 0 saturated heterocycles. The smallest absolute Gasteiger partial charge is 0.310 e. The molecule has 0 aliphatic heterocycles. The van der Waals surface area contributed by atoms with Gasteiger partial charge >= 0.3 is 6.18 Å². The standard InChI is InChI=1S/C14H24F3N/c1-9-7-8-12(10(9)2)18-13-6-4-3-5-11(13)14(15,16)17/h9-13,18H,3-8H2,1-2H3. The topological polar surface area (TPSA) is 12.0 Å². The predicted octanol–water partition coefficient (Wildman–Crippen LogP) is 4.13. The second-order valence-electron chi connectivity index (χ2n) is 6.23. The average molecular weight is 263 g/mol. The summed E-state index contributed by atoms with van der Waals surface area (Å²) < 4.78 is 39.0. The Morgan fingerprint density at radius 1 is 0.889 bits per heavy atom. The van der Waals surface area contributed by atoms with Crippen molar-refractivity contribution in [1.82, 2.24) is 5.32 Å². The molecule has 0 amide bonds. The van der Waals surface area contributed by atoms with Crippen molar-refractivity contribution >= 4 is 0 Å². The van der Waals surface area contributed by atoms with Crippen molar-refractivity contribution in [2.24, 2.45) is 17.8 Å². The minimum Gasteiger partial charge on any atom is -0.310 e. The maximum absolute atomic E-state index is 13.0. The Bertz CT molecular complexity index is 277. The van der Waals surface area contributed by atoms with Crippen molar-refractivity contribution in [1.29, 1.82) is 0 Å². The summed E-state index contributed by atoms with van der Waals surface area (Å²) in [6, 6.07) is -0.0653. The van der Waals surface area contributed by atoms with Gasteiger partial charge in [-0.1, -0.05) is 26.7 Å². The molecule has 0 heterocycles. The summed E-state index contributed by atoms with van der Waals surface area (Å²) in [6.45, 7) is 4.37. The van der Waals surface area contributed by atoms with E-state index in [0.717, 1.165) is 25.7 Å². The van der Waals surface area contributed by atoms with Gasteiger partial charge in [0.05, 0.1) is 5.92 Å². The van der Waals surface area contributed by atoms with Gasteiger partial charge in [-0.15, -0.1) is 0 Å². The SMILES string of the molecule is CC1CCC(NC2CCCCC2C(F)(F)F)C1C. The predicted molar refractivity (Wildman–Crippen MR) is 66.3 cm³/mol. The van der Waals surface area contributed by atoms with Gasteiger partial charge in [0, 0.05) is 12.1 Å². The van der Waals surface area contributed by atoms with Crippen molar-refractivity contribution in [2.75, 3.05) is 0 Å². The van der Waals surface area contributed by atoms with Gasteiger partial charge in [-0.3, -0.25) is 0 Å². The zero-order valence-electron chi connectivity index (χ0n) is 11.3. The molecule has 0 aromatic rings. The van der Waals surface area contributed by atoms with Crippen LogP contribution in [0.1, 0.15) is 52.4 Å². The highest BCUT2D eigenvalue weighted by Crippen LogP contribution is 2.39. The lowest BCUT2D eigenvalue weighted by Gasteiger charge is -2.36. The first kappa shape index (κ1) is 14.2. The Labute approximate surface area is 108 Å². The third-order valence-electron chi connectivity index (χ3n) is 5.08. The molecule has 2 aliphatic rings.